The Morgan fingerprint density at radius 3 is 2.63 bits per heavy atom. The van der Waals surface area contributed by atoms with Crippen molar-refractivity contribution in [2.45, 2.75) is 25.9 Å². The zero-order chi connectivity index (χ0) is 13.9. The van der Waals surface area contributed by atoms with Crippen LogP contribution in [0.25, 0.3) is 0 Å². The van der Waals surface area contributed by atoms with Gasteiger partial charge in [0.05, 0.1) is 6.42 Å². The first-order valence-corrected chi connectivity index (χ1v) is 5.82. The molecule has 0 saturated heterocycles. The number of alkyl halides is 1. The zero-order valence-corrected chi connectivity index (χ0v) is 10.7. The summed E-state index contributed by atoms with van der Waals surface area (Å²) in [7, 11) is 0. The van der Waals surface area contributed by atoms with Crippen LogP contribution in [0.3, 0.4) is 0 Å². The molecule has 0 radical (unpaired) electrons. The summed E-state index contributed by atoms with van der Waals surface area (Å²) in [6.45, 7) is 2.63. The van der Waals surface area contributed by atoms with Crippen molar-refractivity contribution in [2.24, 2.45) is 0 Å². The SMILES string of the molecule is CC(C)(F)c1nc(CC(=O)Nc2ccccc2)no1. The van der Waals surface area contributed by atoms with Crippen LogP contribution < -0.4 is 5.32 Å². The number of nitrogens with one attached hydrogen (secondary N) is 1. The van der Waals surface area contributed by atoms with Crippen molar-refractivity contribution in [1.82, 2.24) is 10.1 Å². The number of hydrogen-bond donors (Lipinski definition) is 1. The van der Waals surface area contributed by atoms with Gasteiger partial charge in [0.25, 0.3) is 5.89 Å². The van der Waals surface area contributed by atoms with Crippen molar-refractivity contribution in [2.75, 3.05) is 5.32 Å². The molecule has 1 heterocycles. The van der Waals surface area contributed by atoms with Crippen LogP contribution in [-0.4, -0.2) is 16.0 Å². The number of amides is 1. The lowest BCUT2D eigenvalue weighted by molar-refractivity contribution is -0.115. The minimum absolute atomic E-state index is 0.0610. The van der Waals surface area contributed by atoms with Crippen LogP contribution in [0.4, 0.5) is 10.1 Å². The molecule has 0 fully saturated rings. The van der Waals surface area contributed by atoms with Gasteiger partial charge in [0, 0.05) is 5.69 Å². The fourth-order valence-corrected chi connectivity index (χ4v) is 1.44. The number of rotatable bonds is 4. The quantitative estimate of drug-likeness (QED) is 0.920. The molecule has 0 atom stereocenters. The maximum atomic E-state index is 13.5. The van der Waals surface area contributed by atoms with Gasteiger partial charge in [-0.25, -0.2) is 4.39 Å². The molecule has 0 aliphatic carbocycles. The highest BCUT2D eigenvalue weighted by Gasteiger charge is 2.27. The zero-order valence-electron chi connectivity index (χ0n) is 10.7. The van der Waals surface area contributed by atoms with Crippen LogP contribution in [0, 0.1) is 0 Å². The lowest BCUT2D eigenvalue weighted by atomic mass is 10.2. The Hall–Kier alpha value is -2.24. The third-order valence-electron chi connectivity index (χ3n) is 2.35. The van der Waals surface area contributed by atoms with Crippen LogP contribution in [0.2, 0.25) is 0 Å². The van der Waals surface area contributed by atoms with Crippen molar-refractivity contribution in [1.29, 1.82) is 0 Å². The van der Waals surface area contributed by atoms with E-state index in [4.69, 9.17) is 4.52 Å². The Morgan fingerprint density at radius 2 is 2.05 bits per heavy atom. The summed E-state index contributed by atoms with van der Waals surface area (Å²) in [5.74, 6) is -0.251. The second-order valence-electron chi connectivity index (χ2n) is 4.58. The molecule has 2 rings (SSSR count). The Kier molecular flexibility index (Phi) is 3.59. The molecule has 1 aromatic heterocycles. The van der Waals surface area contributed by atoms with E-state index in [1.54, 1.807) is 12.1 Å². The maximum absolute atomic E-state index is 13.5. The molecule has 6 heteroatoms. The number of halogens is 1. The van der Waals surface area contributed by atoms with Gasteiger partial charge in [-0.1, -0.05) is 23.4 Å². The van der Waals surface area contributed by atoms with Crippen molar-refractivity contribution in [3.05, 3.63) is 42.0 Å². The fourth-order valence-electron chi connectivity index (χ4n) is 1.44. The predicted octanol–water partition coefficient (Wildman–Crippen LogP) is 2.46. The van der Waals surface area contributed by atoms with Crippen molar-refractivity contribution < 1.29 is 13.7 Å². The number of nitrogens with zero attached hydrogens (tertiary/aromatic N) is 2. The molecule has 0 aliphatic rings. The third kappa shape index (κ3) is 3.61. The van der Waals surface area contributed by atoms with Gasteiger partial charge >= 0.3 is 0 Å². The fraction of sp³-hybridized carbons (Fsp3) is 0.308. The van der Waals surface area contributed by atoms with Gasteiger partial charge in [0.15, 0.2) is 11.5 Å². The van der Waals surface area contributed by atoms with Gasteiger partial charge in [0.2, 0.25) is 5.91 Å². The average molecular weight is 263 g/mol. The minimum atomic E-state index is -1.71. The Morgan fingerprint density at radius 1 is 1.37 bits per heavy atom. The molecule has 0 spiro atoms. The van der Waals surface area contributed by atoms with E-state index < -0.39 is 5.67 Å². The summed E-state index contributed by atoms with van der Waals surface area (Å²) in [6, 6.07) is 9.01. The first-order chi connectivity index (χ1) is 8.95. The highest BCUT2D eigenvalue weighted by atomic mass is 19.1. The number of anilines is 1. The molecule has 100 valence electrons. The second kappa shape index (κ2) is 5.17. The van der Waals surface area contributed by atoms with Crippen LogP contribution in [0.5, 0.6) is 0 Å². The molecule has 0 saturated carbocycles. The number of aromatic nitrogens is 2. The summed E-state index contributed by atoms with van der Waals surface area (Å²) in [5, 5.41) is 6.26. The molecular weight excluding hydrogens is 249 g/mol. The molecule has 0 bridgehead atoms. The Labute approximate surface area is 109 Å². The van der Waals surface area contributed by atoms with Gasteiger partial charge in [-0.15, -0.1) is 0 Å². The van der Waals surface area contributed by atoms with E-state index in [9.17, 15) is 9.18 Å². The van der Waals surface area contributed by atoms with E-state index in [1.165, 1.54) is 13.8 Å². The smallest absolute Gasteiger partial charge is 0.263 e. The van der Waals surface area contributed by atoms with Crippen molar-refractivity contribution in [3.63, 3.8) is 0 Å². The summed E-state index contributed by atoms with van der Waals surface area (Å²) in [5.41, 5.74) is -1.02. The number of carbonyl (C=O) groups excluding carboxylic acids is 1. The largest absolute Gasteiger partial charge is 0.336 e. The highest BCUT2D eigenvalue weighted by molar-refractivity contribution is 5.91. The molecule has 5 nitrogen and oxygen atoms in total. The minimum Gasteiger partial charge on any atom is -0.336 e. The summed E-state index contributed by atoms with van der Waals surface area (Å²) in [6.07, 6.45) is -0.0610. The molecule has 0 aliphatic heterocycles. The molecule has 0 unspecified atom stereocenters. The van der Waals surface area contributed by atoms with Gasteiger partial charge < -0.3 is 9.84 Å². The van der Waals surface area contributed by atoms with E-state index in [0.29, 0.717) is 5.69 Å². The molecule has 19 heavy (non-hydrogen) atoms. The van der Waals surface area contributed by atoms with Crippen molar-refractivity contribution >= 4 is 11.6 Å². The Balaban J connectivity index is 1.98. The van der Waals surface area contributed by atoms with Crippen LogP contribution in [0.15, 0.2) is 34.9 Å². The summed E-state index contributed by atoms with van der Waals surface area (Å²) < 4.78 is 18.3. The summed E-state index contributed by atoms with van der Waals surface area (Å²) >= 11 is 0. The monoisotopic (exact) mass is 263 g/mol. The van der Waals surface area contributed by atoms with E-state index in [-0.39, 0.29) is 24.0 Å². The standard InChI is InChI=1S/C13H14FN3O2/c1-13(2,14)12-16-10(17-19-12)8-11(18)15-9-6-4-3-5-7-9/h3-7H,8H2,1-2H3,(H,15,18). The van der Waals surface area contributed by atoms with E-state index in [1.807, 2.05) is 18.2 Å². The third-order valence-corrected chi connectivity index (χ3v) is 2.35. The van der Waals surface area contributed by atoms with Gasteiger partial charge in [0.1, 0.15) is 0 Å². The van der Waals surface area contributed by atoms with Gasteiger partial charge in [-0.3, -0.25) is 4.79 Å². The van der Waals surface area contributed by atoms with E-state index in [2.05, 4.69) is 15.5 Å². The van der Waals surface area contributed by atoms with Crippen LogP contribution in [-0.2, 0) is 16.9 Å². The second-order valence-corrected chi connectivity index (χ2v) is 4.58. The maximum Gasteiger partial charge on any atom is 0.263 e. The first kappa shape index (κ1) is 13.2. The van der Waals surface area contributed by atoms with Crippen molar-refractivity contribution in [3.8, 4) is 0 Å². The molecule has 1 aromatic carbocycles. The number of hydrogen-bond acceptors (Lipinski definition) is 4. The van der Waals surface area contributed by atoms with E-state index >= 15 is 0 Å². The number of carbonyl (C=O) groups is 1. The Bertz CT molecular complexity index is 561. The van der Waals surface area contributed by atoms with E-state index in [0.717, 1.165) is 0 Å². The number of para-hydroxylation sites is 1. The van der Waals surface area contributed by atoms with Gasteiger partial charge in [-0.05, 0) is 26.0 Å². The normalized spacial score (nSPS) is 11.3. The molecule has 2 aromatic rings. The topological polar surface area (TPSA) is 68.0 Å². The summed E-state index contributed by atoms with van der Waals surface area (Å²) in [4.78, 5) is 15.6. The molecule has 1 N–H and O–H groups in total. The average Bonchev–Trinajstić information content (AvgIpc) is 2.78. The molecule has 1 amide bonds. The first-order valence-electron chi connectivity index (χ1n) is 5.82. The number of benzene rings is 1. The molecular formula is C13H14FN3O2. The highest BCUT2D eigenvalue weighted by Crippen LogP contribution is 2.22. The van der Waals surface area contributed by atoms with Gasteiger partial charge in [-0.2, -0.15) is 4.98 Å². The van der Waals surface area contributed by atoms with Crippen LogP contribution >= 0.6 is 0 Å². The lowest BCUT2D eigenvalue weighted by Gasteiger charge is -2.05. The predicted molar refractivity (Wildman–Crippen MR) is 67.2 cm³/mol. The van der Waals surface area contributed by atoms with Crippen LogP contribution in [0.1, 0.15) is 25.6 Å². The lowest BCUT2D eigenvalue weighted by Crippen LogP contribution is -2.15.